The topological polar surface area (TPSA) is 9.23 Å². The summed E-state index contributed by atoms with van der Waals surface area (Å²) in [6, 6.07) is 9.80. The van der Waals surface area contributed by atoms with Crippen LogP contribution >= 0.6 is 0 Å². The van der Waals surface area contributed by atoms with E-state index in [4.69, 9.17) is 4.74 Å². The Bertz CT molecular complexity index is 1390. The van der Waals surface area contributed by atoms with Crippen LogP contribution in [-0.4, -0.2) is 7.11 Å². The van der Waals surface area contributed by atoms with Crippen molar-refractivity contribution in [2.45, 2.75) is 0 Å². The average molecular weight is 442 g/mol. The zero-order valence-corrected chi connectivity index (χ0v) is 16.4. The largest absolute Gasteiger partial charge is 0.497 e. The summed E-state index contributed by atoms with van der Waals surface area (Å²) in [4.78, 5) is 0. The van der Waals surface area contributed by atoms with Gasteiger partial charge in [-0.05, 0) is 41.3 Å². The Kier molecular flexibility index (Phi) is 5.54. The zero-order valence-electron chi connectivity index (χ0n) is 16.4. The second-order valence-electron chi connectivity index (χ2n) is 6.83. The van der Waals surface area contributed by atoms with E-state index in [1.54, 1.807) is 0 Å². The third-order valence-electron chi connectivity index (χ3n) is 4.82. The highest BCUT2D eigenvalue weighted by Gasteiger charge is 2.18. The Hall–Kier alpha value is -3.92. The van der Waals surface area contributed by atoms with E-state index in [0.717, 1.165) is 30.3 Å². The Morgan fingerprint density at radius 3 is 1.94 bits per heavy atom. The van der Waals surface area contributed by atoms with Gasteiger partial charge in [0.25, 0.3) is 0 Å². The minimum atomic E-state index is -1.11. The lowest BCUT2D eigenvalue weighted by atomic mass is 10.0. The number of benzene rings is 4. The van der Waals surface area contributed by atoms with Crippen molar-refractivity contribution < 1.29 is 31.1 Å². The van der Waals surface area contributed by atoms with Crippen molar-refractivity contribution in [3.05, 3.63) is 101 Å². The standard InChI is InChI=1S/C25H12F6O/c1-32-16-11-22(29)24(23(30)12-16)15-9-20(27)18(21(28)10-15)6-3-13-2-5-17-14(8-13)4-7-19(26)25(17)31/h2,4-5,7-12H,1H3. The quantitative estimate of drug-likeness (QED) is 0.247. The molecule has 0 fully saturated rings. The molecule has 4 aromatic rings. The third kappa shape index (κ3) is 3.87. The SMILES string of the molecule is COc1cc(F)c(-c2cc(F)c(C#Cc3ccc4c(F)c(F)ccc4c3)c(F)c2)c(F)c1. The molecular weight excluding hydrogens is 430 g/mol. The smallest absolute Gasteiger partial charge is 0.166 e. The number of halogens is 6. The van der Waals surface area contributed by atoms with Gasteiger partial charge in [0.1, 0.15) is 29.0 Å². The molecular formula is C25H12F6O. The van der Waals surface area contributed by atoms with Gasteiger partial charge in [0.05, 0.1) is 18.2 Å². The average Bonchev–Trinajstić information content (AvgIpc) is 2.75. The normalized spacial score (nSPS) is 10.7. The maximum atomic E-state index is 14.6. The number of ether oxygens (including phenoxy) is 1. The highest BCUT2D eigenvalue weighted by molar-refractivity contribution is 5.84. The van der Waals surface area contributed by atoms with Gasteiger partial charge in [-0.25, -0.2) is 26.3 Å². The molecule has 1 nitrogen and oxygen atoms in total. The number of hydrogen-bond acceptors (Lipinski definition) is 1. The molecule has 0 aliphatic carbocycles. The second kappa shape index (κ2) is 8.31. The van der Waals surface area contributed by atoms with Crippen LogP contribution < -0.4 is 4.74 Å². The van der Waals surface area contributed by atoms with Gasteiger partial charge in [-0.3, -0.25) is 0 Å². The lowest BCUT2D eigenvalue weighted by Gasteiger charge is -2.09. The highest BCUT2D eigenvalue weighted by Crippen LogP contribution is 2.31. The zero-order chi connectivity index (χ0) is 23.0. The molecule has 4 rings (SSSR count). The summed E-state index contributed by atoms with van der Waals surface area (Å²) in [5.41, 5.74) is -1.25. The van der Waals surface area contributed by atoms with E-state index in [9.17, 15) is 26.3 Å². The molecule has 0 aliphatic rings. The Morgan fingerprint density at radius 2 is 1.31 bits per heavy atom. The fourth-order valence-electron chi connectivity index (χ4n) is 3.26. The van der Waals surface area contributed by atoms with Crippen molar-refractivity contribution in [3.63, 3.8) is 0 Å². The predicted molar refractivity (Wildman–Crippen MR) is 108 cm³/mol. The van der Waals surface area contributed by atoms with E-state index in [2.05, 4.69) is 11.8 Å². The van der Waals surface area contributed by atoms with Gasteiger partial charge in [-0.2, -0.15) is 0 Å². The first kappa shape index (κ1) is 21.3. The molecule has 0 atom stereocenters. The van der Waals surface area contributed by atoms with E-state index in [0.29, 0.717) is 10.9 Å². The van der Waals surface area contributed by atoms with Crippen LogP contribution in [0.3, 0.4) is 0 Å². The molecule has 0 N–H and O–H groups in total. The molecule has 0 spiro atoms. The van der Waals surface area contributed by atoms with Gasteiger partial charge in [0.15, 0.2) is 11.6 Å². The number of fused-ring (bicyclic) bond motifs is 1. The summed E-state index contributed by atoms with van der Waals surface area (Å²) >= 11 is 0. The molecule has 32 heavy (non-hydrogen) atoms. The molecule has 0 saturated carbocycles. The van der Waals surface area contributed by atoms with Crippen LogP contribution in [0.15, 0.2) is 54.6 Å². The second-order valence-corrected chi connectivity index (χ2v) is 6.83. The predicted octanol–water partition coefficient (Wildman–Crippen LogP) is 6.75. The first-order valence-corrected chi connectivity index (χ1v) is 9.20. The van der Waals surface area contributed by atoms with Crippen molar-refractivity contribution in [3.8, 4) is 28.7 Å². The first-order chi connectivity index (χ1) is 15.3. The van der Waals surface area contributed by atoms with E-state index in [1.165, 1.54) is 31.4 Å². The van der Waals surface area contributed by atoms with Crippen LogP contribution in [0.25, 0.3) is 21.9 Å². The van der Waals surface area contributed by atoms with E-state index in [-0.39, 0.29) is 16.7 Å². The van der Waals surface area contributed by atoms with Crippen molar-refractivity contribution in [1.29, 1.82) is 0 Å². The van der Waals surface area contributed by atoms with Crippen LogP contribution in [0.4, 0.5) is 26.3 Å². The van der Waals surface area contributed by atoms with Crippen molar-refractivity contribution >= 4 is 10.8 Å². The summed E-state index contributed by atoms with van der Waals surface area (Å²) < 4.78 is 89.5. The highest BCUT2D eigenvalue weighted by atomic mass is 19.2. The molecule has 0 saturated heterocycles. The fraction of sp³-hybridized carbons (Fsp3) is 0.0400. The summed E-state index contributed by atoms with van der Waals surface area (Å²) in [5.74, 6) is -1.50. The minimum absolute atomic E-state index is 0.0424. The van der Waals surface area contributed by atoms with Gasteiger partial charge in [0, 0.05) is 23.1 Å². The molecule has 0 amide bonds. The third-order valence-corrected chi connectivity index (χ3v) is 4.82. The van der Waals surface area contributed by atoms with Gasteiger partial charge in [0.2, 0.25) is 0 Å². The Morgan fingerprint density at radius 1 is 0.656 bits per heavy atom. The molecule has 0 radical (unpaired) electrons. The number of hydrogen-bond donors (Lipinski definition) is 0. The molecule has 160 valence electrons. The Balaban J connectivity index is 1.73. The van der Waals surface area contributed by atoms with Crippen molar-refractivity contribution in [1.82, 2.24) is 0 Å². The molecule has 0 heterocycles. The van der Waals surface area contributed by atoms with Crippen LogP contribution in [0.2, 0.25) is 0 Å². The monoisotopic (exact) mass is 442 g/mol. The van der Waals surface area contributed by atoms with Gasteiger partial charge in [-0.15, -0.1) is 0 Å². The maximum absolute atomic E-state index is 14.6. The molecule has 0 unspecified atom stereocenters. The van der Waals surface area contributed by atoms with Gasteiger partial charge < -0.3 is 4.74 Å². The van der Waals surface area contributed by atoms with Crippen LogP contribution in [-0.2, 0) is 0 Å². The summed E-state index contributed by atoms with van der Waals surface area (Å²) in [5, 5.41) is 0.401. The summed E-state index contributed by atoms with van der Waals surface area (Å²) in [6.45, 7) is 0. The minimum Gasteiger partial charge on any atom is -0.497 e. The van der Waals surface area contributed by atoms with E-state index < -0.39 is 46.0 Å². The van der Waals surface area contributed by atoms with Crippen LogP contribution in [0.1, 0.15) is 11.1 Å². The molecule has 7 heteroatoms. The molecule has 0 aromatic heterocycles. The summed E-state index contributed by atoms with van der Waals surface area (Å²) in [7, 11) is 1.23. The molecule has 4 aromatic carbocycles. The lowest BCUT2D eigenvalue weighted by molar-refractivity contribution is 0.407. The first-order valence-electron chi connectivity index (χ1n) is 9.20. The van der Waals surface area contributed by atoms with E-state index in [1.807, 2.05) is 0 Å². The summed E-state index contributed by atoms with van der Waals surface area (Å²) in [6.07, 6.45) is 0. The molecule has 0 bridgehead atoms. The van der Waals surface area contributed by atoms with Crippen molar-refractivity contribution in [2.75, 3.05) is 7.11 Å². The van der Waals surface area contributed by atoms with Crippen molar-refractivity contribution in [2.24, 2.45) is 0 Å². The fourth-order valence-corrected chi connectivity index (χ4v) is 3.26. The lowest BCUT2D eigenvalue weighted by Crippen LogP contribution is -1.97. The number of methoxy groups -OCH3 is 1. The number of rotatable bonds is 2. The van der Waals surface area contributed by atoms with E-state index >= 15 is 0 Å². The Labute approximate surface area is 178 Å². The maximum Gasteiger partial charge on any atom is 0.166 e. The van der Waals surface area contributed by atoms with Crippen LogP contribution in [0.5, 0.6) is 5.75 Å². The van der Waals surface area contributed by atoms with Gasteiger partial charge in [-0.1, -0.05) is 24.0 Å². The molecule has 0 aliphatic heterocycles. The van der Waals surface area contributed by atoms with Crippen LogP contribution in [0, 0.1) is 46.7 Å². The van der Waals surface area contributed by atoms with Gasteiger partial charge >= 0.3 is 0 Å².